The molecule has 33 heavy (non-hydrogen) atoms. The van der Waals surface area contributed by atoms with Crippen LogP contribution in [0, 0.1) is 5.41 Å². The minimum absolute atomic E-state index is 0.176. The first-order valence-corrected chi connectivity index (χ1v) is 11.9. The predicted molar refractivity (Wildman–Crippen MR) is 138 cm³/mol. The number of hydrogen-bond donors (Lipinski definition) is 1. The van der Waals surface area contributed by atoms with Gasteiger partial charge in [-0.05, 0) is 41.3 Å². The maximum atomic E-state index is 12.5. The van der Waals surface area contributed by atoms with E-state index >= 15 is 0 Å². The van der Waals surface area contributed by atoms with Crippen molar-refractivity contribution < 1.29 is 9.59 Å². The van der Waals surface area contributed by atoms with Crippen molar-refractivity contribution in [1.29, 1.82) is 0 Å². The monoisotopic (exact) mass is 467 g/mol. The van der Waals surface area contributed by atoms with Crippen molar-refractivity contribution in [2.24, 2.45) is 5.41 Å². The summed E-state index contributed by atoms with van der Waals surface area (Å²) in [5.41, 5.74) is 3.44. The summed E-state index contributed by atoms with van der Waals surface area (Å²) in [5.74, 6) is 0.449. The van der Waals surface area contributed by atoms with Crippen molar-refractivity contribution >= 4 is 40.9 Å². The second-order valence-corrected chi connectivity index (χ2v) is 10.2. The highest BCUT2D eigenvalue weighted by molar-refractivity contribution is 6.33. The topological polar surface area (TPSA) is 52.7 Å². The summed E-state index contributed by atoms with van der Waals surface area (Å²) in [7, 11) is 0. The van der Waals surface area contributed by atoms with Gasteiger partial charge in [0.25, 0.3) is 0 Å². The second-order valence-electron chi connectivity index (χ2n) is 9.84. The molecule has 0 radical (unpaired) electrons. The van der Waals surface area contributed by atoms with E-state index in [0.717, 1.165) is 24.3 Å². The summed E-state index contributed by atoms with van der Waals surface area (Å²) >= 11 is 6.54. The third-order valence-electron chi connectivity index (χ3n) is 5.79. The minimum atomic E-state index is -0.369. The smallest absolute Gasteiger partial charge is 0.248 e. The maximum absolute atomic E-state index is 12.5. The van der Waals surface area contributed by atoms with Crippen molar-refractivity contribution in [2.45, 2.75) is 40.5 Å². The number of piperazine rings is 1. The average molecular weight is 468 g/mol. The van der Waals surface area contributed by atoms with Crippen molar-refractivity contribution in [3.05, 3.63) is 64.7 Å². The number of amides is 2. The lowest BCUT2D eigenvalue weighted by molar-refractivity contribution is -0.139. The molecule has 0 aliphatic carbocycles. The lowest BCUT2D eigenvalue weighted by atomic mass is 9.94. The molecule has 1 N–H and O–H groups in total. The SMILES string of the molecule is CC(C)c1ccc(/C=C/C(=O)Nc2ccc(N3CCN(C(=O)C(C)(C)C)CC3)c(Cl)c2)cc1. The van der Waals surface area contributed by atoms with Crippen LogP contribution in [-0.4, -0.2) is 42.9 Å². The number of hydrogen-bond acceptors (Lipinski definition) is 3. The fourth-order valence-corrected chi connectivity index (χ4v) is 4.11. The Morgan fingerprint density at radius 2 is 1.64 bits per heavy atom. The van der Waals surface area contributed by atoms with Gasteiger partial charge in [-0.3, -0.25) is 9.59 Å². The Morgan fingerprint density at radius 1 is 1.00 bits per heavy atom. The second kappa shape index (κ2) is 10.4. The van der Waals surface area contributed by atoms with Gasteiger partial charge in [0.05, 0.1) is 10.7 Å². The van der Waals surface area contributed by atoms with Crippen LogP contribution in [0.25, 0.3) is 6.08 Å². The molecule has 2 aromatic rings. The molecule has 5 nitrogen and oxygen atoms in total. The van der Waals surface area contributed by atoms with Crippen LogP contribution in [0.15, 0.2) is 48.5 Å². The van der Waals surface area contributed by atoms with Gasteiger partial charge in [0.1, 0.15) is 0 Å². The van der Waals surface area contributed by atoms with Gasteiger partial charge in [0.2, 0.25) is 11.8 Å². The van der Waals surface area contributed by atoms with Crippen LogP contribution in [-0.2, 0) is 9.59 Å². The molecule has 0 aromatic heterocycles. The summed E-state index contributed by atoms with van der Waals surface area (Å²) in [5, 5.41) is 3.45. The van der Waals surface area contributed by atoms with Crippen LogP contribution in [0.2, 0.25) is 5.02 Å². The first-order chi connectivity index (χ1) is 15.5. The zero-order chi connectivity index (χ0) is 24.2. The van der Waals surface area contributed by atoms with Crippen LogP contribution >= 0.6 is 11.6 Å². The molecule has 1 saturated heterocycles. The molecule has 0 atom stereocenters. The van der Waals surface area contributed by atoms with E-state index in [1.807, 2.05) is 49.9 Å². The molecule has 0 saturated carbocycles. The van der Waals surface area contributed by atoms with Gasteiger partial charge < -0.3 is 15.1 Å². The highest BCUT2D eigenvalue weighted by Crippen LogP contribution is 2.30. The van der Waals surface area contributed by atoms with E-state index in [0.29, 0.717) is 29.7 Å². The van der Waals surface area contributed by atoms with Gasteiger partial charge in [-0.2, -0.15) is 0 Å². The van der Waals surface area contributed by atoms with Crippen LogP contribution in [0.4, 0.5) is 11.4 Å². The number of halogens is 1. The van der Waals surface area contributed by atoms with Gasteiger partial charge >= 0.3 is 0 Å². The Labute approximate surface area is 202 Å². The van der Waals surface area contributed by atoms with Crippen LogP contribution in [0.5, 0.6) is 0 Å². The molecule has 3 rings (SSSR count). The molecular weight excluding hydrogens is 434 g/mol. The first kappa shape index (κ1) is 24.8. The molecule has 0 bridgehead atoms. The molecule has 1 aliphatic rings. The normalized spacial score (nSPS) is 14.8. The molecule has 0 unspecified atom stereocenters. The molecule has 176 valence electrons. The van der Waals surface area contributed by atoms with Crippen molar-refractivity contribution in [3.63, 3.8) is 0 Å². The van der Waals surface area contributed by atoms with E-state index in [4.69, 9.17) is 11.6 Å². The van der Waals surface area contributed by atoms with Crippen LogP contribution in [0.1, 0.15) is 51.7 Å². The summed E-state index contributed by atoms with van der Waals surface area (Å²) in [6.45, 7) is 13.0. The van der Waals surface area contributed by atoms with E-state index in [1.54, 1.807) is 12.1 Å². The van der Waals surface area contributed by atoms with E-state index in [1.165, 1.54) is 11.6 Å². The summed E-state index contributed by atoms with van der Waals surface area (Å²) in [4.78, 5) is 28.9. The fraction of sp³-hybridized carbons (Fsp3) is 0.407. The van der Waals surface area contributed by atoms with E-state index in [2.05, 4.69) is 36.2 Å². The Balaban J connectivity index is 1.57. The number of carbonyl (C=O) groups excluding carboxylic acids is 2. The molecule has 2 amide bonds. The molecule has 6 heteroatoms. The molecule has 1 heterocycles. The Kier molecular flexibility index (Phi) is 7.85. The highest BCUT2D eigenvalue weighted by atomic mass is 35.5. The average Bonchev–Trinajstić information content (AvgIpc) is 2.77. The number of carbonyl (C=O) groups is 2. The lowest BCUT2D eigenvalue weighted by Crippen LogP contribution is -2.51. The van der Waals surface area contributed by atoms with Crippen molar-refractivity contribution in [2.75, 3.05) is 36.4 Å². The summed E-state index contributed by atoms with van der Waals surface area (Å²) < 4.78 is 0. The summed E-state index contributed by atoms with van der Waals surface area (Å²) in [6.07, 6.45) is 3.32. The number of nitrogens with one attached hydrogen (secondary N) is 1. The van der Waals surface area contributed by atoms with Crippen LogP contribution < -0.4 is 10.2 Å². The number of anilines is 2. The fourth-order valence-electron chi connectivity index (χ4n) is 3.81. The molecule has 0 spiro atoms. The van der Waals surface area contributed by atoms with E-state index in [-0.39, 0.29) is 17.2 Å². The number of nitrogens with zero attached hydrogens (tertiary/aromatic N) is 2. The van der Waals surface area contributed by atoms with Crippen molar-refractivity contribution in [1.82, 2.24) is 4.90 Å². The quantitative estimate of drug-likeness (QED) is 0.564. The zero-order valence-corrected chi connectivity index (χ0v) is 20.9. The Hall–Kier alpha value is -2.79. The molecule has 2 aromatic carbocycles. The van der Waals surface area contributed by atoms with E-state index in [9.17, 15) is 9.59 Å². The highest BCUT2D eigenvalue weighted by Gasteiger charge is 2.30. The van der Waals surface area contributed by atoms with E-state index < -0.39 is 0 Å². The maximum Gasteiger partial charge on any atom is 0.248 e. The molecule has 1 aliphatic heterocycles. The molecular formula is C27H34ClN3O2. The standard InChI is InChI=1S/C27H34ClN3O2/c1-19(2)21-9-6-20(7-10-21)8-13-25(32)29-22-11-12-24(23(28)18-22)30-14-16-31(17-15-30)26(33)27(3,4)5/h6-13,18-19H,14-17H2,1-5H3,(H,29,32)/b13-8+. The van der Waals surface area contributed by atoms with Crippen molar-refractivity contribution in [3.8, 4) is 0 Å². The largest absolute Gasteiger partial charge is 0.367 e. The Morgan fingerprint density at radius 3 is 2.18 bits per heavy atom. The van der Waals surface area contributed by atoms with Gasteiger partial charge in [-0.15, -0.1) is 0 Å². The first-order valence-electron chi connectivity index (χ1n) is 11.5. The third-order valence-corrected chi connectivity index (χ3v) is 6.10. The zero-order valence-electron chi connectivity index (χ0n) is 20.2. The predicted octanol–water partition coefficient (Wildman–Crippen LogP) is 5.81. The molecule has 1 fully saturated rings. The van der Waals surface area contributed by atoms with Crippen LogP contribution in [0.3, 0.4) is 0 Å². The lowest BCUT2D eigenvalue weighted by Gasteiger charge is -2.39. The van der Waals surface area contributed by atoms with Gasteiger partial charge in [0, 0.05) is 43.4 Å². The summed E-state index contributed by atoms with van der Waals surface area (Å²) in [6, 6.07) is 13.7. The van der Waals surface area contributed by atoms with Gasteiger partial charge in [-0.25, -0.2) is 0 Å². The minimum Gasteiger partial charge on any atom is -0.367 e. The number of benzene rings is 2. The Bertz CT molecular complexity index is 1010. The number of rotatable bonds is 5. The third kappa shape index (κ3) is 6.61. The van der Waals surface area contributed by atoms with Gasteiger partial charge in [0.15, 0.2) is 0 Å². The van der Waals surface area contributed by atoms with Gasteiger partial charge in [-0.1, -0.05) is 70.5 Å².